The van der Waals surface area contributed by atoms with Gasteiger partial charge in [-0.25, -0.2) is 4.40 Å². The number of hydrogen-bond acceptors (Lipinski definition) is 5. The highest BCUT2D eigenvalue weighted by atomic mass is 79.9. The smallest absolute Gasteiger partial charge is 0.276 e. The summed E-state index contributed by atoms with van der Waals surface area (Å²) in [4.78, 5) is 13.6. The van der Waals surface area contributed by atoms with Gasteiger partial charge in [-0.3, -0.25) is 4.79 Å². The Morgan fingerprint density at radius 1 is 1.19 bits per heavy atom. The molecular weight excluding hydrogens is 414 g/mol. The van der Waals surface area contributed by atoms with Gasteiger partial charge in [0.05, 0.1) is 11.6 Å². The second kappa shape index (κ2) is 6.66. The third kappa shape index (κ3) is 2.83. The van der Waals surface area contributed by atoms with E-state index >= 15 is 0 Å². The van der Waals surface area contributed by atoms with Crippen molar-refractivity contribution < 1.29 is 4.74 Å². The van der Waals surface area contributed by atoms with Gasteiger partial charge in [0, 0.05) is 15.6 Å². The number of aryl methyl sites for hydroxylation is 1. The van der Waals surface area contributed by atoms with Crippen molar-refractivity contribution in [2.75, 3.05) is 7.11 Å². The molecule has 7 heteroatoms. The number of fused-ring (bicyclic) bond motifs is 1. The van der Waals surface area contributed by atoms with Gasteiger partial charge < -0.3 is 4.74 Å². The van der Waals surface area contributed by atoms with Crippen LogP contribution in [0.25, 0.3) is 22.4 Å². The number of aromatic nitrogens is 3. The van der Waals surface area contributed by atoms with Gasteiger partial charge in [0.15, 0.2) is 5.82 Å². The van der Waals surface area contributed by atoms with Gasteiger partial charge in [0.1, 0.15) is 5.75 Å². The molecule has 2 aromatic heterocycles. The predicted octanol–water partition coefficient (Wildman–Crippen LogP) is 3.45. The van der Waals surface area contributed by atoms with Gasteiger partial charge in [-0.05, 0) is 36.8 Å². The van der Waals surface area contributed by atoms with E-state index < -0.39 is 0 Å². The van der Waals surface area contributed by atoms with Gasteiger partial charge in [0.2, 0.25) is 4.96 Å². The largest absolute Gasteiger partial charge is 0.496 e. The Balaban J connectivity index is 1.95. The number of nitrogens with zero attached hydrogens (tertiary/aromatic N) is 3. The van der Waals surface area contributed by atoms with Crippen LogP contribution in [0.4, 0.5) is 0 Å². The van der Waals surface area contributed by atoms with Crippen molar-refractivity contribution >= 4 is 38.3 Å². The lowest BCUT2D eigenvalue weighted by atomic mass is 10.1. The Labute approximate surface area is 161 Å². The Kier molecular flexibility index (Phi) is 4.34. The summed E-state index contributed by atoms with van der Waals surface area (Å²) in [6, 6.07) is 13.5. The predicted molar refractivity (Wildman–Crippen MR) is 107 cm³/mol. The Hall–Kier alpha value is -2.51. The topological polar surface area (TPSA) is 56.5 Å². The fourth-order valence-electron chi connectivity index (χ4n) is 2.82. The zero-order valence-corrected chi connectivity index (χ0v) is 16.5. The van der Waals surface area contributed by atoms with Gasteiger partial charge >= 0.3 is 0 Å². The maximum Gasteiger partial charge on any atom is 0.276 e. The summed E-state index contributed by atoms with van der Waals surface area (Å²) in [5, 5.41) is 8.41. The normalized spacial score (nSPS) is 12.0. The molecule has 130 valence electrons. The number of ether oxygens (including phenoxy) is 1. The van der Waals surface area contributed by atoms with E-state index in [2.05, 4.69) is 26.1 Å². The number of rotatable bonds is 3. The SMILES string of the molecule is COc1ccc(Br)cc1/C=c1/sc2nnc(-c3ccccc3C)n2c1=O. The van der Waals surface area contributed by atoms with E-state index in [1.807, 2.05) is 55.5 Å². The van der Waals surface area contributed by atoms with E-state index in [9.17, 15) is 4.79 Å². The maximum atomic E-state index is 13.0. The molecule has 0 amide bonds. The molecule has 2 aromatic carbocycles. The fraction of sp³-hybridized carbons (Fsp3) is 0.105. The summed E-state index contributed by atoms with van der Waals surface area (Å²) in [5.41, 5.74) is 2.65. The van der Waals surface area contributed by atoms with E-state index in [-0.39, 0.29) is 5.56 Å². The van der Waals surface area contributed by atoms with Gasteiger partial charge in [0.25, 0.3) is 5.56 Å². The van der Waals surface area contributed by atoms with E-state index in [1.54, 1.807) is 11.5 Å². The molecule has 0 saturated heterocycles. The first-order chi connectivity index (χ1) is 12.6. The van der Waals surface area contributed by atoms with Crippen LogP contribution in [0, 0.1) is 6.92 Å². The molecule has 0 radical (unpaired) electrons. The van der Waals surface area contributed by atoms with Crippen LogP contribution in [0.1, 0.15) is 11.1 Å². The van der Waals surface area contributed by atoms with Crippen LogP contribution in [0.3, 0.4) is 0 Å². The summed E-state index contributed by atoms with van der Waals surface area (Å²) in [6.07, 6.45) is 1.83. The third-order valence-corrected chi connectivity index (χ3v) is 5.57. The minimum absolute atomic E-state index is 0.129. The molecule has 0 spiro atoms. The highest BCUT2D eigenvalue weighted by Gasteiger charge is 2.15. The molecule has 0 unspecified atom stereocenters. The minimum atomic E-state index is -0.129. The van der Waals surface area contributed by atoms with E-state index in [1.165, 1.54) is 11.3 Å². The number of hydrogen-bond donors (Lipinski definition) is 0. The first-order valence-electron chi connectivity index (χ1n) is 7.87. The van der Waals surface area contributed by atoms with Crippen molar-refractivity contribution in [2.24, 2.45) is 0 Å². The van der Waals surface area contributed by atoms with E-state index in [4.69, 9.17) is 4.74 Å². The molecule has 0 aliphatic heterocycles. The zero-order valence-electron chi connectivity index (χ0n) is 14.1. The first-order valence-corrected chi connectivity index (χ1v) is 9.48. The molecule has 0 bridgehead atoms. The van der Waals surface area contributed by atoms with Crippen LogP contribution in [0.2, 0.25) is 0 Å². The van der Waals surface area contributed by atoms with Crippen molar-refractivity contribution in [3.8, 4) is 17.1 Å². The molecule has 26 heavy (non-hydrogen) atoms. The fourth-order valence-corrected chi connectivity index (χ4v) is 4.10. The highest BCUT2D eigenvalue weighted by Crippen LogP contribution is 2.24. The Bertz CT molecular complexity index is 1230. The standard InChI is InChI=1S/C19H14BrN3O2S/c1-11-5-3-4-6-14(11)17-21-22-19-23(17)18(24)16(26-19)10-12-9-13(20)7-8-15(12)25-2/h3-10H,1-2H3/b16-10+. The second-order valence-electron chi connectivity index (χ2n) is 5.76. The number of thiazole rings is 1. The molecule has 4 aromatic rings. The second-order valence-corrected chi connectivity index (χ2v) is 7.68. The van der Waals surface area contributed by atoms with Crippen LogP contribution in [-0.4, -0.2) is 21.7 Å². The summed E-state index contributed by atoms with van der Waals surface area (Å²) in [6.45, 7) is 1.99. The number of methoxy groups -OCH3 is 1. The summed E-state index contributed by atoms with van der Waals surface area (Å²) < 4.78 is 8.47. The summed E-state index contributed by atoms with van der Waals surface area (Å²) >= 11 is 4.77. The highest BCUT2D eigenvalue weighted by molar-refractivity contribution is 9.10. The Morgan fingerprint density at radius 2 is 2.00 bits per heavy atom. The molecule has 4 rings (SSSR count). The van der Waals surface area contributed by atoms with Crippen molar-refractivity contribution in [1.82, 2.24) is 14.6 Å². The average Bonchev–Trinajstić information content (AvgIpc) is 3.17. The van der Waals surface area contributed by atoms with Gasteiger partial charge in [-0.1, -0.05) is 51.5 Å². The third-order valence-electron chi connectivity index (χ3n) is 4.11. The molecule has 0 N–H and O–H groups in total. The zero-order chi connectivity index (χ0) is 18.3. The number of halogens is 1. The van der Waals surface area contributed by atoms with Crippen molar-refractivity contribution in [2.45, 2.75) is 6.92 Å². The van der Waals surface area contributed by atoms with E-state index in [0.29, 0.717) is 21.1 Å². The molecule has 2 heterocycles. The molecule has 0 saturated carbocycles. The lowest BCUT2D eigenvalue weighted by Crippen LogP contribution is -2.23. The quantitative estimate of drug-likeness (QED) is 0.502. The molecule has 0 aliphatic rings. The monoisotopic (exact) mass is 427 g/mol. The molecular formula is C19H14BrN3O2S. The van der Waals surface area contributed by atoms with Crippen LogP contribution in [0.5, 0.6) is 5.75 Å². The lowest BCUT2D eigenvalue weighted by Gasteiger charge is -2.04. The maximum absolute atomic E-state index is 13.0. The number of benzene rings is 2. The van der Waals surface area contributed by atoms with Gasteiger partial charge in [-0.15, -0.1) is 10.2 Å². The molecule has 5 nitrogen and oxygen atoms in total. The van der Waals surface area contributed by atoms with Crippen molar-refractivity contribution in [3.63, 3.8) is 0 Å². The first kappa shape index (κ1) is 16.9. The van der Waals surface area contributed by atoms with Crippen LogP contribution < -0.4 is 14.8 Å². The van der Waals surface area contributed by atoms with Crippen molar-refractivity contribution in [1.29, 1.82) is 0 Å². The lowest BCUT2D eigenvalue weighted by molar-refractivity contribution is 0.414. The van der Waals surface area contributed by atoms with Gasteiger partial charge in [-0.2, -0.15) is 0 Å². The molecule has 0 aliphatic carbocycles. The molecule has 0 atom stereocenters. The Morgan fingerprint density at radius 3 is 2.77 bits per heavy atom. The van der Waals surface area contributed by atoms with Crippen LogP contribution in [0.15, 0.2) is 51.7 Å². The minimum Gasteiger partial charge on any atom is -0.496 e. The van der Waals surface area contributed by atoms with Crippen molar-refractivity contribution in [3.05, 3.63) is 73.0 Å². The summed E-state index contributed by atoms with van der Waals surface area (Å²) in [7, 11) is 1.61. The van der Waals surface area contributed by atoms with Crippen LogP contribution >= 0.6 is 27.3 Å². The average molecular weight is 428 g/mol. The van der Waals surface area contributed by atoms with E-state index in [0.717, 1.165) is 21.2 Å². The molecule has 0 fully saturated rings. The van der Waals surface area contributed by atoms with Crippen LogP contribution in [-0.2, 0) is 0 Å². The summed E-state index contributed by atoms with van der Waals surface area (Å²) in [5.74, 6) is 1.27.